The van der Waals surface area contributed by atoms with Crippen molar-refractivity contribution in [2.45, 2.75) is 120 Å². The average molecular weight is 678 g/mol. The quantitative estimate of drug-likeness (QED) is 0.142. The maximum atomic E-state index is 14.4. The average Bonchev–Trinajstić information content (AvgIpc) is 3.29. The van der Waals surface area contributed by atoms with E-state index in [-0.39, 0.29) is 30.1 Å². The Hall–Kier alpha value is -3.16. The van der Waals surface area contributed by atoms with Gasteiger partial charge in [-0.1, -0.05) is 33.1 Å². The van der Waals surface area contributed by atoms with Crippen molar-refractivity contribution in [3.05, 3.63) is 24.2 Å². The molecule has 0 amide bonds. The topological polar surface area (TPSA) is 233 Å². The number of nitrogens with zero attached hydrogens (tertiary/aromatic N) is 4. The Morgan fingerprint density at radius 3 is 2.47 bits per heavy atom. The van der Waals surface area contributed by atoms with E-state index >= 15 is 0 Å². The van der Waals surface area contributed by atoms with E-state index in [1.807, 2.05) is 19.9 Å². The second-order valence-electron chi connectivity index (χ2n) is 12.6. The molecule has 1 saturated heterocycles. The molecule has 17 heteroatoms. The van der Waals surface area contributed by atoms with E-state index in [1.165, 1.54) is 24.7 Å². The SMILES string of the molecule is CCC(CC)COC(=O)[C@H](C)N[P@@](=O)(N[C@@H](C)C(=O)OC1CCCCC1)OC1[C@@]2(C#N)O[C@@H](c3ccc4c(N)ncnn34)[C@H](O)[C@@]12O. The zero-order chi connectivity index (χ0) is 34.1. The van der Waals surface area contributed by atoms with E-state index in [0.717, 1.165) is 44.9 Å². The minimum atomic E-state index is -4.50. The molecular weight excluding hydrogens is 633 g/mol. The summed E-state index contributed by atoms with van der Waals surface area (Å²) in [4.78, 5) is 29.9. The number of nitrogens with two attached hydrogens (primary N) is 1. The van der Waals surface area contributed by atoms with Crippen molar-refractivity contribution >= 4 is 30.9 Å². The summed E-state index contributed by atoms with van der Waals surface area (Å²) >= 11 is 0. The largest absolute Gasteiger partial charge is 0.464 e. The van der Waals surface area contributed by atoms with Gasteiger partial charge in [0.1, 0.15) is 54.4 Å². The number of fused-ring (bicyclic) bond motifs is 2. The van der Waals surface area contributed by atoms with E-state index in [9.17, 15) is 29.6 Å². The molecule has 1 unspecified atom stereocenters. The Morgan fingerprint density at radius 1 is 1.19 bits per heavy atom. The van der Waals surface area contributed by atoms with Crippen LogP contribution < -0.4 is 15.9 Å². The van der Waals surface area contributed by atoms with Crippen LogP contribution in [0, 0.1) is 17.2 Å². The minimum Gasteiger partial charge on any atom is -0.464 e. The third-order valence-corrected chi connectivity index (χ3v) is 11.4. The molecule has 2 aromatic rings. The molecule has 2 aromatic heterocycles. The number of aromatic nitrogens is 3. The fraction of sp³-hybridized carbons (Fsp3) is 0.700. The number of hydrogen-bond donors (Lipinski definition) is 5. The first-order chi connectivity index (χ1) is 22.3. The molecular formula is C30H44N7O9P. The maximum absolute atomic E-state index is 14.4. The minimum absolute atomic E-state index is 0.143. The molecule has 3 heterocycles. The van der Waals surface area contributed by atoms with Crippen molar-refractivity contribution in [1.82, 2.24) is 24.8 Å². The van der Waals surface area contributed by atoms with Crippen molar-refractivity contribution in [2.24, 2.45) is 5.92 Å². The third-order valence-electron chi connectivity index (χ3n) is 9.44. The molecule has 8 atom stereocenters. The van der Waals surface area contributed by atoms with Gasteiger partial charge >= 0.3 is 19.6 Å². The number of aliphatic hydroxyl groups is 2. The van der Waals surface area contributed by atoms with Crippen LogP contribution in [0.3, 0.4) is 0 Å². The Morgan fingerprint density at radius 2 is 1.85 bits per heavy atom. The number of nitriles is 1. The Bertz CT molecular complexity index is 1560. The summed E-state index contributed by atoms with van der Waals surface area (Å²) in [5.41, 5.74) is 2.11. The van der Waals surface area contributed by atoms with E-state index in [0.29, 0.717) is 5.52 Å². The molecule has 258 valence electrons. The van der Waals surface area contributed by atoms with Gasteiger partial charge in [0.2, 0.25) is 5.60 Å². The summed E-state index contributed by atoms with van der Waals surface area (Å²) < 4.78 is 38.7. The van der Waals surface area contributed by atoms with Gasteiger partial charge in [-0.25, -0.2) is 19.7 Å². The number of hydrogen-bond acceptors (Lipinski definition) is 13. The summed E-state index contributed by atoms with van der Waals surface area (Å²) in [5, 5.41) is 42.6. The third kappa shape index (κ3) is 6.50. The molecule has 0 aromatic carbocycles. The number of rotatable bonds is 14. The summed E-state index contributed by atoms with van der Waals surface area (Å²) in [7, 11) is -4.50. The predicted octanol–water partition coefficient (Wildman–Crippen LogP) is 2.06. The van der Waals surface area contributed by atoms with Gasteiger partial charge in [0.05, 0.1) is 12.3 Å². The molecule has 0 bridgehead atoms. The van der Waals surface area contributed by atoms with E-state index < -0.39 is 61.2 Å². The molecule has 47 heavy (non-hydrogen) atoms. The smallest absolute Gasteiger partial charge is 0.342 e. The van der Waals surface area contributed by atoms with Gasteiger partial charge < -0.3 is 30.2 Å². The highest BCUT2D eigenvalue weighted by atomic mass is 31.2. The zero-order valence-corrected chi connectivity index (χ0v) is 27.9. The number of anilines is 1. The Balaban J connectivity index is 1.36. The zero-order valence-electron chi connectivity index (χ0n) is 27.0. The number of nitrogens with one attached hydrogen (secondary N) is 2. The van der Waals surface area contributed by atoms with Crippen molar-refractivity contribution in [3.63, 3.8) is 0 Å². The van der Waals surface area contributed by atoms with Crippen molar-refractivity contribution < 1.29 is 43.1 Å². The second-order valence-corrected chi connectivity index (χ2v) is 14.4. The van der Waals surface area contributed by atoms with Crippen LogP contribution in [-0.2, 0) is 32.9 Å². The van der Waals surface area contributed by atoms with Gasteiger partial charge in [-0.05, 0) is 57.6 Å². The van der Waals surface area contributed by atoms with Crippen LogP contribution in [0.2, 0.25) is 0 Å². The highest BCUT2D eigenvalue weighted by Crippen LogP contribution is 2.67. The van der Waals surface area contributed by atoms with Crippen LogP contribution >= 0.6 is 7.67 Å². The molecule has 1 aliphatic heterocycles. The maximum Gasteiger partial charge on any atom is 0.342 e. The first kappa shape index (κ1) is 35.2. The Labute approximate surface area is 272 Å². The second kappa shape index (κ2) is 13.8. The first-order valence-electron chi connectivity index (χ1n) is 16.1. The summed E-state index contributed by atoms with van der Waals surface area (Å²) in [5.74, 6) is -1.10. The summed E-state index contributed by atoms with van der Waals surface area (Å²) in [6.45, 7) is 6.96. The van der Waals surface area contributed by atoms with E-state index in [2.05, 4.69) is 20.3 Å². The number of nitrogen functional groups attached to an aromatic ring is 1. The lowest BCUT2D eigenvalue weighted by molar-refractivity contribution is -0.152. The highest BCUT2D eigenvalue weighted by Gasteiger charge is 2.90. The molecule has 3 aliphatic rings. The fourth-order valence-electron chi connectivity index (χ4n) is 6.35. The van der Waals surface area contributed by atoms with Gasteiger partial charge in [-0.15, -0.1) is 0 Å². The van der Waals surface area contributed by atoms with Crippen LogP contribution in [0.4, 0.5) is 5.82 Å². The highest BCUT2D eigenvalue weighted by molar-refractivity contribution is 7.54. The van der Waals surface area contributed by atoms with Crippen LogP contribution in [0.15, 0.2) is 18.5 Å². The van der Waals surface area contributed by atoms with Gasteiger partial charge in [-0.3, -0.25) is 18.7 Å². The standard InChI is InChI=1S/C30H44N7O9P/c1-5-19(6-2)14-43-26(39)17(3)35-47(42,36-18(4)27(40)44-20-10-8-7-9-11-20)46-28-29(15-31)30(28,41)24(38)23(45-29)21-12-13-22-25(32)33-16-34-37(21)22/h12-13,16-20,23-24,28,38,41H,5-11,14H2,1-4H3,(H2,32,33,34)(H2,35,36,42)/t17-,18-,23-,24-,28?,29+,30+,47-/m0/s1. The summed E-state index contributed by atoms with van der Waals surface area (Å²) in [6, 6.07) is 2.65. The van der Waals surface area contributed by atoms with Crippen LogP contribution in [0.25, 0.3) is 5.52 Å². The monoisotopic (exact) mass is 677 g/mol. The number of carbonyl (C=O) groups is 2. The molecule has 3 fully saturated rings. The van der Waals surface area contributed by atoms with E-state index in [1.54, 1.807) is 12.1 Å². The molecule has 5 rings (SSSR count). The fourth-order valence-corrected chi connectivity index (χ4v) is 8.38. The van der Waals surface area contributed by atoms with Crippen LogP contribution in [0.1, 0.15) is 84.4 Å². The molecule has 6 N–H and O–H groups in total. The first-order valence-corrected chi connectivity index (χ1v) is 17.7. The molecule has 2 saturated carbocycles. The van der Waals surface area contributed by atoms with Gasteiger partial charge in [0.15, 0.2) is 11.4 Å². The van der Waals surface area contributed by atoms with Crippen molar-refractivity contribution in [2.75, 3.05) is 12.3 Å². The van der Waals surface area contributed by atoms with Gasteiger partial charge in [0, 0.05) is 0 Å². The number of ether oxygens (including phenoxy) is 3. The molecule has 2 aliphatic carbocycles. The molecule has 0 radical (unpaired) electrons. The lowest BCUT2D eigenvalue weighted by atomic mass is 9.98. The van der Waals surface area contributed by atoms with Crippen LogP contribution in [0.5, 0.6) is 0 Å². The molecule has 16 nitrogen and oxygen atoms in total. The van der Waals surface area contributed by atoms with Crippen molar-refractivity contribution in [3.8, 4) is 6.07 Å². The predicted molar refractivity (Wildman–Crippen MR) is 166 cm³/mol. The van der Waals surface area contributed by atoms with Crippen molar-refractivity contribution in [1.29, 1.82) is 5.26 Å². The number of esters is 2. The van der Waals surface area contributed by atoms with Crippen LogP contribution in [-0.4, -0.2) is 85.0 Å². The van der Waals surface area contributed by atoms with Gasteiger partial charge in [0.25, 0.3) is 0 Å². The lowest BCUT2D eigenvalue weighted by Crippen LogP contribution is -2.44. The van der Waals surface area contributed by atoms with Gasteiger partial charge in [-0.2, -0.15) is 10.4 Å². The number of carbonyl (C=O) groups excluding carboxylic acids is 2. The molecule has 0 spiro atoms. The normalized spacial score (nSPS) is 29.9. The van der Waals surface area contributed by atoms with E-state index in [4.69, 9.17) is 24.5 Å². The number of aliphatic hydroxyl groups excluding tert-OH is 1. The lowest BCUT2D eigenvalue weighted by Gasteiger charge is -2.29. The Kier molecular flexibility index (Phi) is 10.3. The summed E-state index contributed by atoms with van der Waals surface area (Å²) in [6.07, 6.45) is 2.24.